The number of ether oxygens (including phenoxy) is 1. The SMILES string of the molecule is S=C(Nc1cccc2cnncc12)N1CCOCC1. The summed E-state index contributed by atoms with van der Waals surface area (Å²) in [4.78, 5) is 2.12. The third-order valence-electron chi connectivity index (χ3n) is 3.13. The highest BCUT2D eigenvalue weighted by Crippen LogP contribution is 2.21. The van der Waals surface area contributed by atoms with Crippen molar-refractivity contribution in [3.05, 3.63) is 30.6 Å². The first kappa shape index (κ1) is 12.3. The number of aromatic nitrogens is 2. The highest BCUT2D eigenvalue weighted by atomic mass is 32.1. The molecule has 1 aliphatic heterocycles. The van der Waals surface area contributed by atoms with E-state index in [0.717, 1.165) is 47.9 Å². The Hall–Kier alpha value is -1.79. The van der Waals surface area contributed by atoms with Gasteiger partial charge in [-0.25, -0.2) is 0 Å². The third-order valence-corrected chi connectivity index (χ3v) is 3.49. The van der Waals surface area contributed by atoms with Crippen LogP contribution in [0.4, 0.5) is 5.69 Å². The highest BCUT2D eigenvalue weighted by Gasteiger charge is 2.14. The molecule has 0 saturated carbocycles. The maximum atomic E-state index is 5.44. The predicted molar refractivity (Wildman–Crippen MR) is 78.2 cm³/mol. The number of rotatable bonds is 1. The van der Waals surface area contributed by atoms with Gasteiger partial charge < -0.3 is 15.0 Å². The second kappa shape index (κ2) is 5.46. The van der Waals surface area contributed by atoms with Crippen LogP contribution in [0.1, 0.15) is 0 Å². The number of fused-ring (bicyclic) bond motifs is 1. The Morgan fingerprint density at radius 2 is 2.00 bits per heavy atom. The van der Waals surface area contributed by atoms with Crippen molar-refractivity contribution in [3.63, 3.8) is 0 Å². The van der Waals surface area contributed by atoms with E-state index in [1.165, 1.54) is 0 Å². The highest BCUT2D eigenvalue weighted by molar-refractivity contribution is 7.80. The molecule has 0 atom stereocenters. The molecule has 98 valence electrons. The van der Waals surface area contributed by atoms with Gasteiger partial charge in [-0.3, -0.25) is 0 Å². The summed E-state index contributed by atoms with van der Waals surface area (Å²) in [5, 5.41) is 13.9. The number of benzene rings is 1. The van der Waals surface area contributed by atoms with Crippen molar-refractivity contribution in [3.8, 4) is 0 Å². The van der Waals surface area contributed by atoms with Crippen molar-refractivity contribution in [1.82, 2.24) is 15.1 Å². The van der Waals surface area contributed by atoms with Crippen molar-refractivity contribution in [2.24, 2.45) is 0 Å². The molecule has 6 heteroatoms. The molecule has 1 fully saturated rings. The quantitative estimate of drug-likeness (QED) is 0.798. The average molecular weight is 274 g/mol. The molecule has 2 aromatic rings. The van der Waals surface area contributed by atoms with Crippen molar-refractivity contribution in [2.75, 3.05) is 31.6 Å². The summed E-state index contributed by atoms with van der Waals surface area (Å²) in [5.74, 6) is 0. The predicted octanol–water partition coefficient (Wildman–Crippen LogP) is 1.66. The van der Waals surface area contributed by atoms with E-state index < -0.39 is 0 Å². The van der Waals surface area contributed by atoms with Crippen LogP contribution >= 0.6 is 12.2 Å². The van der Waals surface area contributed by atoms with Crippen LogP contribution in [-0.2, 0) is 4.74 Å². The van der Waals surface area contributed by atoms with Gasteiger partial charge >= 0.3 is 0 Å². The van der Waals surface area contributed by atoms with Crippen LogP contribution in [0, 0.1) is 0 Å². The van der Waals surface area contributed by atoms with E-state index in [9.17, 15) is 0 Å². The molecule has 0 aliphatic carbocycles. The summed E-state index contributed by atoms with van der Waals surface area (Å²) in [5.41, 5.74) is 0.962. The van der Waals surface area contributed by atoms with Crippen molar-refractivity contribution < 1.29 is 4.74 Å². The van der Waals surface area contributed by atoms with Gasteiger partial charge in [0.2, 0.25) is 0 Å². The summed E-state index contributed by atoms with van der Waals surface area (Å²) in [6.07, 6.45) is 3.50. The van der Waals surface area contributed by atoms with E-state index in [2.05, 4.69) is 20.4 Å². The van der Waals surface area contributed by atoms with Crippen LogP contribution in [0.15, 0.2) is 30.6 Å². The zero-order valence-electron chi connectivity index (χ0n) is 10.4. The van der Waals surface area contributed by atoms with Gasteiger partial charge in [0.05, 0.1) is 25.6 Å². The molecule has 1 aliphatic rings. The number of nitrogens with zero attached hydrogens (tertiary/aromatic N) is 3. The van der Waals surface area contributed by atoms with Crippen LogP contribution in [0.5, 0.6) is 0 Å². The summed E-state index contributed by atoms with van der Waals surface area (Å²) in [6.45, 7) is 3.11. The van der Waals surface area contributed by atoms with Gasteiger partial charge in [-0.05, 0) is 18.3 Å². The molecule has 1 aromatic heterocycles. The van der Waals surface area contributed by atoms with Crippen molar-refractivity contribution in [2.45, 2.75) is 0 Å². The molecule has 1 saturated heterocycles. The minimum absolute atomic E-state index is 0.725. The summed E-state index contributed by atoms with van der Waals surface area (Å²) in [7, 11) is 0. The Morgan fingerprint density at radius 3 is 2.84 bits per heavy atom. The van der Waals surface area contributed by atoms with Crippen LogP contribution < -0.4 is 5.32 Å². The minimum Gasteiger partial charge on any atom is -0.378 e. The lowest BCUT2D eigenvalue weighted by atomic mass is 10.2. The van der Waals surface area contributed by atoms with Gasteiger partial charge in [-0.2, -0.15) is 10.2 Å². The lowest BCUT2D eigenvalue weighted by Crippen LogP contribution is -2.42. The van der Waals surface area contributed by atoms with Crippen LogP contribution in [-0.4, -0.2) is 46.5 Å². The normalized spacial score (nSPS) is 15.5. The Morgan fingerprint density at radius 1 is 1.21 bits per heavy atom. The van der Waals surface area contributed by atoms with Gasteiger partial charge in [0.1, 0.15) is 0 Å². The van der Waals surface area contributed by atoms with Gasteiger partial charge in [0.25, 0.3) is 0 Å². The number of thiocarbonyl (C=S) groups is 1. The van der Waals surface area contributed by atoms with E-state index in [4.69, 9.17) is 17.0 Å². The maximum Gasteiger partial charge on any atom is 0.173 e. The summed E-state index contributed by atoms with van der Waals surface area (Å²) >= 11 is 5.44. The molecule has 0 radical (unpaired) electrons. The molecule has 3 rings (SSSR count). The topological polar surface area (TPSA) is 50.3 Å². The Kier molecular flexibility index (Phi) is 3.52. The molecule has 5 nitrogen and oxygen atoms in total. The number of nitrogens with one attached hydrogen (secondary N) is 1. The molecule has 0 bridgehead atoms. The zero-order chi connectivity index (χ0) is 13.1. The number of hydrogen-bond acceptors (Lipinski definition) is 4. The Labute approximate surface area is 116 Å². The van der Waals surface area contributed by atoms with E-state index in [1.54, 1.807) is 12.4 Å². The average Bonchev–Trinajstić information content (AvgIpc) is 2.48. The van der Waals surface area contributed by atoms with Crippen LogP contribution in [0.25, 0.3) is 10.8 Å². The standard InChI is InChI=1S/C13H14N4OS/c19-13(17-4-6-18-7-5-17)16-12-3-1-2-10-8-14-15-9-11(10)12/h1-3,8-9H,4-7H2,(H,16,19). The summed E-state index contributed by atoms with van der Waals surface area (Å²) < 4.78 is 5.32. The lowest BCUT2D eigenvalue weighted by Gasteiger charge is -2.29. The second-order valence-electron chi connectivity index (χ2n) is 4.33. The molecular weight excluding hydrogens is 260 g/mol. The largest absolute Gasteiger partial charge is 0.378 e. The smallest absolute Gasteiger partial charge is 0.173 e. The first-order valence-corrected chi connectivity index (χ1v) is 6.58. The number of anilines is 1. The first-order chi connectivity index (χ1) is 9.34. The Bertz CT molecular complexity index is 593. The molecule has 2 heterocycles. The molecule has 0 unspecified atom stereocenters. The molecule has 0 amide bonds. The second-order valence-corrected chi connectivity index (χ2v) is 4.71. The maximum absolute atomic E-state index is 5.44. The van der Waals surface area contributed by atoms with E-state index in [-0.39, 0.29) is 0 Å². The van der Waals surface area contributed by atoms with Crippen LogP contribution in [0.2, 0.25) is 0 Å². The van der Waals surface area contributed by atoms with Gasteiger partial charge in [0.15, 0.2) is 5.11 Å². The minimum atomic E-state index is 0.725. The van der Waals surface area contributed by atoms with Gasteiger partial charge in [0, 0.05) is 29.5 Å². The summed E-state index contributed by atoms with van der Waals surface area (Å²) in [6, 6.07) is 5.98. The fourth-order valence-electron chi connectivity index (χ4n) is 2.10. The monoisotopic (exact) mass is 274 g/mol. The molecule has 1 aromatic carbocycles. The van der Waals surface area contributed by atoms with E-state index in [0.29, 0.717) is 0 Å². The first-order valence-electron chi connectivity index (χ1n) is 6.18. The van der Waals surface area contributed by atoms with E-state index >= 15 is 0 Å². The van der Waals surface area contributed by atoms with Crippen LogP contribution in [0.3, 0.4) is 0 Å². The number of morpholine rings is 1. The number of hydrogen-bond donors (Lipinski definition) is 1. The van der Waals surface area contributed by atoms with Crippen molar-refractivity contribution >= 4 is 33.8 Å². The van der Waals surface area contributed by atoms with E-state index in [1.807, 2.05) is 18.2 Å². The van der Waals surface area contributed by atoms with Crippen molar-refractivity contribution in [1.29, 1.82) is 0 Å². The molecule has 1 N–H and O–H groups in total. The fraction of sp³-hybridized carbons (Fsp3) is 0.308. The van der Waals surface area contributed by atoms with Gasteiger partial charge in [-0.1, -0.05) is 12.1 Å². The zero-order valence-corrected chi connectivity index (χ0v) is 11.2. The third kappa shape index (κ3) is 2.64. The van der Waals surface area contributed by atoms with Gasteiger partial charge in [-0.15, -0.1) is 0 Å². The lowest BCUT2D eigenvalue weighted by molar-refractivity contribution is 0.0690. The molecule has 0 spiro atoms. The molecule has 19 heavy (non-hydrogen) atoms. The fourth-order valence-corrected chi connectivity index (χ4v) is 2.39. The Balaban J connectivity index is 1.82. The molecular formula is C13H14N4OS.